The van der Waals surface area contributed by atoms with Crippen LogP contribution >= 0.6 is 0 Å². The molecule has 0 amide bonds. The molecule has 0 aromatic heterocycles. The zero-order valence-corrected chi connectivity index (χ0v) is 13.1. The van der Waals surface area contributed by atoms with Gasteiger partial charge in [-0.05, 0) is 38.0 Å². The Kier molecular flexibility index (Phi) is 5.69. The Morgan fingerprint density at radius 1 is 1.55 bits per heavy atom. The number of ether oxygens (including phenoxy) is 3. The monoisotopic (exact) mass is 308 g/mol. The summed E-state index contributed by atoms with van der Waals surface area (Å²) in [4.78, 5) is 11.4. The van der Waals surface area contributed by atoms with Crippen molar-refractivity contribution in [1.29, 1.82) is 0 Å². The molecule has 0 radical (unpaired) electrons. The van der Waals surface area contributed by atoms with E-state index in [1.54, 1.807) is 19.9 Å². The second-order valence-electron chi connectivity index (χ2n) is 5.22. The van der Waals surface area contributed by atoms with Crippen LogP contribution in [-0.2, 0) is 19.0 Å². The molecule has 4 nitrogen and oxygen atoms in total. The first kappa shape index (κ1) is 16.6. The topological polar surface area (TPSA) is 48.1 Å². The number of halogens is 1. The molecule has 1 saturated heterocycles. The number of epoxide rings is 1. The van der Waals surface area contributed by atoms with E-state index < -0.39 is 5.97 Å². The maximum Gasteiger partial charge on any atom is 0.330 e. The van der Waals surface area contributed by atoms with E-state index in [-0.39, 0.29) is 24.6 Å². The fourth-order valence-electron chi connectivity index (χ4n) is 2.09. The van der Waals surface area contributed by atoms with Gasteiger partial charge < -0.3 is 14.2 Å². The summed E-state index contributed by atoms with van der Waals surface area (Å²) in [5, 5.41) is 0. The summed E-state index contributed by atoms with van der Waals surface area (Å²) in [5.41, 5.74) is 1.58. The molecule has 0 spiro atoms. The smallest absolute Gasteiger partial charge is 0.330 e. The Bertz CT molecular complexity index is 564. The molecule has 2 rings (SSSR count). The average Bonchev–Trinajstić information content (AvgIpc) is 3.30. The first-order chi connectivity index (χ1) is 10.5. The molecular weight excluding hydrogens is 287 g/mol. The zero-order chi connectivity index (χ0) is 16.1. The second-order valence-corrected chi connectivity index (χ2v) is 5.22. The van der Waals surface area contributed by atoms with Gasteiger partial charge in [-0.25, -0.2) is 9.18 Å². The van der Waals surface area contributed by atoms with Crippen molar-refractivity contribution < 1.29 is 23.4 Å². The maximum absolute atomic E-state index is 14.4. The van der Waals surface area contributed by atoms with Crippen LogP contribution in [0.1, 0.15) is 36.6 Å². The summed E-state index contributed by atoms with van der Waals surface area (Å²) < 4.78 is 30.0. The summed E-state index contributed by atoms with van der Waals surface area (Å²) >= 11 is 0. The lowest BCUT2D eigenvalue weighted by Gasteiger charge is -2.17. The van der Waals surface area contributed by atoms with Crippen molar-refractivity contribution in [2.75, 3.05) is 19.8 Å². The molecule has 1 fully saturated rings. The number of carbonyl (C=O) groups excluding carboxylic acids is 1. The van der Waals surface area contributed by atoms with Crippen LogP contribution in [0.2, 0.25) is 0 Å². The van der Waals surface area contributed by atoms with Crippen LogP contribution in [0.4, 0.5) is 4.39 Å². The van der Waals surface area contributed by atoms with Crippen LogP contribution in [-0.4, -0.2) is 31.9 Å². The molecule has 1 aliphatic heterocycles. The quantitative estimate of drug-likeness (QED) is 0.441. The molecule has 22 heavy (non-hydrogen) atoms. The van der Waals surface area contributed by atoms with Gasteiger partial charge in [-0.2, -0.15) is 0 Å². The predicted molar refractivity (Wildman–Crippen MR) is 80.9 cm³/mol. The number of benzene rings is 1. The van der Waals surface area contributed by atoms with E-state index in [2.05, 4.69) is 0 Å². The van der Waals surface area contributed by atoms with Crippen molar-refractivity contribution in [2.24, 2.45) is 0 Å². The summed E-state index contributed by atoms with van der Waals surface area (Å²) in [6.07, 6.45) is 2.54. The normalized spacial score (nSPS) is 18.5. The molecule has 1 aromatic rings. The lowest BCUT2D eigenvalue weighted by atomic mass is 9.99. The molecule has 120 valence electrons. The Labute approximate surface area is 129 Å². The highest BCUT2D eigenvalue weighted by Crippen LogP contribution is 2.27. The molecule has 5 heteroatoms. The van der Waals surface area contributed by atoms with Crippen LogP contribution in [0, 0.1) is 12.7 Å². The minimum absolute atomic E-state index is 0.149. The molecule has 2 atom stereocenters. The molecule has 1 heterocycles. The number of hydrogen-bond donors (Lipinski definition) is 0. The van der Waals surface area contributed by atoms with Crippen LogP contribution in [0.15, 0.2) is 18.2 Å². The van der Waals surface area contributed by atoms with Gasteiger partial charge in [0.1, 0.15) is 11.9 Å². The van der Waals surface area contributed by atoms with Gasteiger partial charge >= 0.3 is 5.97 Å². The van der Waals surface area contributed by atoms with E-state index in [4.69, 9.17) is 14.2 Å². The predicted octanol–water partition coefficient (Wildman–Crippen LogP) is 3.19. The average molecular weight is 308 g/mol. The van der Waals surface area contributed by atoms with Gasteiger partial charge in [0.2, 0.25) is 0 Å². The summed E-state index contributed by atoms with van der Waals surface area (Å²) in [6.45, 7) is 6.74. The maximum atomic E-state index is 14.4. The Morgan fingerprint density at radius 3 is 2.91 bits per heavy atom. The zero-order valence-electron chi connectivity index (χ0n) is 13.1. The first-order valence-corrected chi connectivity index (χ1v) is 7.40. The minimum Gasteiger partial charge on any atom is -0.463 e. The number of aryl methyl sites for hydroxylation is 1. The standard InChI is InChI=1S/C17H21FO4/c1-4-20-16(19)8-7-15-14(6-5-11(2)17(15)18)12(3)21-9-13-10-22-13/h5-8,12-13H,4,9-10H2,1-3H3/b8-7+/t12-,13?/m1/s1. The van der Waals surface area contributed by atoms with Gasteiger partial charge in [-0.1, -0.05) is 12.1 Å². The lowest BCUT2D eigenvalue weighted by molar-refractivity contribution is -0.137. The fourth-order valence-corrected chi connectivity index (χ4v) is 2.09. The first-order valence-electron chi connectivity index (χ1n) is 7.40. The van der Waals surface area contributed by atoms with E-state index >= 15 is 0 Å². The van der Waals surface area contributed by atoms with E-state index in [9.17, 15) is 9.18 Å². The summed E-state index contributed by atoms with van der Waals surface area (Å²) in [5.74, 6) is -0.842. The number of esters is 1. The highest BCUT2D eigenvalue weighted by Gasteiger charge is 2.24. The number of rotatable bonds is 7. The van der Waals surface area contributed by atoms with Crippen LogP contribution in [0.3, 0.4) is 0 Å². The summed E-state index contributed by atoms with van der Waals surface area (Å²) in [7, 11) is 0. The van der Waals surface area contributed by atoms with Crippen molar-refractivity contribution in [3.63, 3.8) is 0 Å². The second kappa shape index (κ2) is 7.51. The van der Waals surface area contributed by atoms with E-state index in [1.807, 2.05) is 13.0 Å². The SMILES string of the molecule is CCOC(=O)/C=C/c1c([C@@H](C)OCC2CO2)ccc(C)c1F. The van der Waals surface area contributed by atoms with Gasteiger partial charge in [0.05, 0.1) is 25.9 Å². The van der Waals surface area contributed by atoms with Gasteiger partial charge in [-0.15, -0.1) is 0 Å². The Morgan fingerprint density at radius 2 is 2.27 bits per heavy atom. The van der Waals surface area contributed by atoms with Crippen molar-refractivity contribution >= 4 is 12.0 Å². The van der Waals surface area contributed by atoms with Gasteiger partial charge in [0.25, 0.3) is 0 Å². The molecule has 1 unspecified atom stereocenters. The third-order valence-corrected chi connectivity index (χ3v) is 3.45. The highest BCUT2D eigenvalue weighted by atomic mass is 19.1. The molecule has 1 aromatic carbocycles. The number of carbonyl (C=O) groups is 1. The van der Waals surface area contributed by atoms with Gasteiger partial charge in [0, 0.05) is 11.6 Å². The van der Waals surface area contributed by atoms with Crippen LogP contribution < -0.4 is 0 Å². The van der Waals surface area contributed by atoms with E-state index in [0.29, 0.717) is 29.9 Å². The third-order valence-electron chi connectivity index (χ3n) is 3.45. The highest BCUT2D eigenvalue weighted by molar-refractivity contribution is 5.87. The molecule has 0 N–H and O–H groups in total. The van der Waals surface area contributed by atoms with Crippen LogP contribution in [0.25, 0.3) is 6.08 Å². The Balaban J connectivity index is 2.20. The molecule has 0 aliphatic carbocycles. The van der Waals surface area contributed by atoms with E-state index in [0.717, 1.165) is 0 Å². The lowest BCUT2D eigenvalue weighted by Crippen LogP contribution is -2.09. The molecular formula is C17H21FO4. The molecule has 1 aliphatic rings. The van der Waals surface area contributed by atoms with Crippen molar-refractivity contribution in [3.8, 4) is 0 Å². The Hall–Kier alpha value is -1.72. The van der Waals surface area contributed by atoms with Gasteiger partial charge in [-0.3, -0.25) is 0 Å². The molecule has 0 bridgehead atoms. The van der Waals surface area contributed by atoms with Gasteiger partial charge in [0.15, 0.2) is 0 Å². The van der Waals surface area contributed by atoms with Crippen molar-refractivity contribution in [3.05, 3.63) is 40.7 Å². The van der Waals surface area contributed by atoms with Crippen molar-refractivity contribution in [1.82, 2.24) is 0 Å². The van der Waals surface area contributed by atoms with E-state index in [1.165, 1.54) is 12.2 Å². The largest absolute Gasteiger partial charge is 0.463 e. The van der Waals surface area contributed by atoms with Crippen molar-refractivity contribution in [2.45, 2.75) is 33.0 Å². The third kappa shape index (κ3) is 4.39. The van der Waals surface area contributed by atoms with Crippen LogP contribution in [0.5, 0.6) is 0 Å². The number of hydrogen-bond acceptors (Lipinski definition) is 4. The fraction of sp³-hybridized carbons (Fsp3) is 0.471. The molecule has 0 saturated carbocycles. The minimum atomic E-state index is -0.491. The summed E-state index contributed by atoms with van der Waals surface area (Å²) in [6, 6.07) is 3.53.